The lowest BCUT2D eigenvalue weighted by Crippen LogP contribution is -2.29. The smallest absolute Gasteiger partial charge is 0.0717 e. The first-order chi connectivity index (χ1) is 10.3. The number of aryl methyl sites for hydroxylation is 1. The normalized spacial score (nSPS) is 12.5. The Bertz CT molecular complexity index is 747. The van der Waals surface area contributed by atoms with Gasteiger partial charge in [0.15, 0.2) is 0 Å². The summed E-state index contributed by atoms with van der Waals surface area (Å²) >= 11 is 0. The van der Waals surface area contributed by atoms with E-state index in [2.05, 4.69) is 47.7 Å². The van der Waals surface area contributed by atoms with Crippen LogP contribution in [0.5, 0.6) is 0 Å². The highest BCUT2D eigenvalue weighted by Crippen LogP contribution is 2.27. The van der Waals surface area contributed by atoms with E-state index in [1.807, 2.05) is 30.5 Å². The van der Waals surface area contributed by atoms with E-state index < -0.39 is 0 Å². The molecule has 0 aliphatic rings. The van der Waals surface area contributed by atoms with Crippen molar-refractivity contribution in [2.45, 2.75) is 19.4 Å². The molecule has 21 heavy (non-hydrogen) atoms. The number of aromatic nitrogens is 1. The largest absolute Gasteiger partial charge is 0.271 e. The average Bonchev–Trinajstić information content (AvgIpc) is 2.56. The minimum absolute atomic E-state index is 0.0376. The van der Waals surface area contributed by atoms with Crippen LogP contribution < -0.4 is 11.3 Å². The fourth-order valence-corrected chi connectivity index (χ4v) is 2.73. The van der Waals surface area contributed by atoms with Crippen molar-refractivity contribution in [2.75, 3.05) is 0 Å². The molecule has 2 aromatic carbocycles. The van der Waals surface area contributed by atoms with E-state index in [0.29, 0.717) is 0 Å². The number of nitrogens with two attached hydrogens (primary N) is 1. The van der Waals surface area contributed by atoms with Crippen molar-refractivity contribution in [3.05, 3.63) is 77.5 Å². The lowest BCUT2D eigenvalue weighted by molar-refractivity contribution is 0.640. The molecule has 0 aliphatic carbocycles. The van der Waals surface area contributed by atoms with E-state index in [0.717, 1.165) is 22.9 Å². The van der Waals surface area contributed by atoms with Crippen LogP contribution in [0.1, 0.15) is 29.7 Å². The maximum absolute atomic E-state index is 5.85. The third-order valence-corrected chi connectivity index (χ3v) is 3.85. The number of hydrogen-bond acceptors (Lipinski definition) is 3. The van der Waals surface area contributed by atoms with Gasteiger partial charge in [-0.25, -0.2) is 5.43 Å². The molecule has 0 saturated carbocycles. The molecule has 3 heteroatoms. The third kappa shape index (κ3) is 2.66. The Morgan fingerprint density at radius 2 is 1.95 bits per heavy atom. The molecule has 0 radical (unpaired) electrons. The van der Waals surface area contributed by atoms with Gasteiger partial charge in [0.05, 0.1) is 11.6 Å². The molecule has 3 N–H and O–H groups in total. The first-order valence-electron chi connectivity index (χ1n) is 7.22. The molecule has 106 valence electrons. The van der Waals surface area contributed by atoms with Crippen LogP contribution in [0, 0.1) is 0 Å². The van der Waals surface area contributed by atoms with Crippen molar-refractivity contribution in [2.24, 2.45) is 5.84 Å². The third-order valence-electron chi connectivity index (χ3n) is 3.85. The Hall–Kier alpha value is -2.23. The number of rotatable bonds is 4. The Balaban J connectivity index is 2.13. The quantitative estimate of drug-likeness (QED) is 0.568. The Kier molecular flexibility index (Phi) is 3.95. The van der Waals surface area contributed by atoms with Gasteiger partial charge in [0, 0.05) is 11.6 Å². The summed E-state index contributed by atoms with van der Waals surface area (Å²) in [6.07, 6.45) is 2.86. The fraction of sp³-hybridized carbons (Fsp3) is 0.167. The van der Waals surface area contributed by atoms with Gasteiger partial charge in [-0.15, -0.1) is 0 Å². The van der Waals surface area contributed by atoms with Crippen molar-refractivity contribution in [1.82, 2.24) is 10.4 Å². The lowest BCUT2D eigenvalue weighted by Gasteiger charge is -2.19. The van der Waals surface area contributed by atoms with E-state index in [1.54, 1.807) is 0 Å². The maximum atomic E-state index is 5.85. The molecule has 0 spiro atoms. The van der Waals surface area contributed by atoms with E-state index >= 15 is 0 Å². The molecular weight excluding hydrogens is 258 g/mol. The number of nitrogens with one attached hydrogen (secondary N) is 1. The summed E-state index contributed by atoms with van der Waals surface area (Å²) < 4.78 is 0. The van der Waals surface area contributed by atoms with E-state index in [1.165, 1.54) is 11.1 Å². The SMILES string of the molecule is CCc1cccc(C(NN)c2ccnc3ccccc23)c1. The van der Waals surface area contributed by atoms with Crippen molar-refractivity contribution < 1.29 is 0 Å². The lowest BCUT2D eigenvalue weighted by atomic mass is 9.95. The van der Waals surface area contributed by atoms with Gasteiger partial charge in [-0.3, -0.25) is 10.8 Å². The first kappa shape index (κ1) is 13.7. The second-order valence-corrected chi connectivity index (χ2v) is 5.12. The van der Waals surface area contributed by atoms with Crippen LogP contribution in [0.4, 0.5) is 0 Å². The Morgan fingerprint density at radius 3 is 2.76 bits per heavy atom. The number of benzene rings is 2. The van der Waals surface area contributed by atoms with Crippen LogP contribution in [0.25, 0.3) is 10.9 Å². The highest BCUT2D eigenvalue weighted by Gasteiger charge is 2.15. The number of nitrogens with zero attached hydrogens (tertiary/aromatic N) is 1. The molecule has 1 atom stereocenters. The molecule has 0 bridgehead atoms. The second-order valence-electron chi connectivity index (χ2n) is 5.12. The highest BCUT2D eigenvalue weighted by molar-refractivity contribution is 5.82. The summed E-state index contributed by atoms with van der Waals surface area (Å²) in [5.74, 6) is 5.85. The number of para-hydroxylation sites is 1. The summed E-state index contributed by atoms with van der Waals surface area (Å²) in [5, 5.41) is 1.13. The van der Waals surface area contributed by atoms with E-state index in [-0.39, 0.29) is 6.04 Å². The van der Waals surface area contributed by atoms with Crippen LogP contribution in [0.3, 0.4) is 0 Å². The molecule has 1 heterocycles. The van der Waals surface area contributed by atoms with Crippen LogP contribution in [-0.4, -0.2) is 4.98 Å². The zero-order valence-corrected chi connectivity index (χ0v) is 12.1. The summed E-state index contributed by atoms with van der Waals surface area (Å²) in [4.78, 5) is 4.42. The molecule has 0 saturated heterocycles. The van der Waals surface area contributed by atoms with Gasteiger partial charge in [-0.2, -0.15) is 0 Å². The first-order valence-corrected chi connectivity index (χ1v) is 7.22. The van der Waals surface area contributed by atoms with E-state index in [4.69, 9.17) is 5.84 Å². The van der Waals surface area contributed by atoms with Crippen LogP contribution in [0.2, 0.25) is 0 Å². The van der Waals surface area contributed by atoms with Gasteiger partial charge in [-0.1, -0.05) is 49.4 Å². The fourth-order valence-electron chi connectivity index (χ4n) is 2.73. The minimum atomic E-state index is -0.0376. The van der Waals surface area contributed by atoms with Crippen molar-refractivity contribution in [1.29, 1.82) is 0 Å². The Morgan fingerprint density at radius 1 is 1.10 bits per heavy atom. The number of hydrazine groups is 1. The van der Waals surface area contributed by atoms with Gasteiger partial charge in [0.25, 0.3) is 0 Å². The van der Waals surface area contributed by atoms with Crippen molar-refractivity contribution in [3.63, 3.8) is 0 Å². The topological polar surface area (TPSA) is 50.9 Å². The molecule has 0 aliphatic heterocycles. The predicted octanol–water partition coefficient (Wildman–Crippen LogP) is 3.35. The van der Waals surface area contributed by atoms with Crippen molar-refractivity contribution in [3.8, 4) is 0 Å². The second kappa shape index (κ2) is 6.04. The minimum Gasteiger partial charge on any atom is -0.271 e. The summed E-state index contributed by atoms with van der Waals surface area (Å²) in [5.41, 5.74) is 7.57. The van der Waals surface area contributed by atoms with Gasteiger partial charge in [0.2, 0.25) is 0 Å². The Labute approximate surface area is 124 Å². The van der Waals surface area contributed by atoms with Crippen LogP contribution in [-0.2, 0) is 6.42 Å². The molecule has 0 fully saturated rings. The highest BCUT2D eigenvalue weighted by atomic mass is 15.2. The number of hydrogen-bond donors (Lipinski definition) is 2. The molecule has 3 nitrogen and oxygen atoms in total. The molecule has 0 amide bonds. The number of pyridine rings is 1. The zero-order valence-electron chi connectivity index (χ0n) is 12.1. The van der Waals surface area contributed by atoms with Gasteiger partial charge in [-0.05, 0) is 35.2 Å². The average molecular weight is 277 g/mol. The molecule has 3 rings (SSSR count). The summed E-state index contributed by atoms with van der Waals surface area (Å²) in [6.45, 7) is 2.16. The molecule has 3 aromatic rings. The summed E-state index contributed by atoms with van der Waals surface area (Å²) in [6, 6.07) is 18.7. The maximum Gasteiger partial charge on any atom is 0.0717 e. The monoisotopic (exact) mass is 277 g/mol. The molecule has 1 aromatic heterocycles. The van der Waals surface area contributed by atoms with Crippen molar-refractivity contribution >= 4 is 10.9 Å². The molecular formula is C18H19N3. The van der Waals surface area contributed by atoms with Gasteiger partial charge < -0.3 is 0 Å². The van der Waals surface area contributed by atoms with Crippen LogP contribution in [0.15, 0.2) is 60.8 Å². The predicted molar refractivity (Wildman–Crippen MR) is 86.7 cm³/mol. The number of fused-ring (bicyclic) bond motifs is 1. The zero-order chi connectivity index (χ0) is 14.7. The van der Waals surface area contributed by atoms with E-state index in [9.17, 15) is 0 Å². The standard InChI is InChI=1S/C18H19N3/c1-2-13-6-5-7-14(12-13)18(21-19)16-10-11-20-17-9-4-3-8-15(16)17/h3-12,18,21H,2,19H2,1H3. The summed E-state index contributed by atoms with van der Waals surface area (Å²) in [7, 11) is 0. The van der Waals surface area contributed by atoms with Crippen LogP contribution >= 0.6 is 0 Å². The molecule has 1 unspecified atom stereocenters. The van der Waals surface area contributed by atoms with Gasteiger partial charge in [0.1, 0.15) is 0 Å². The van der Waals surface area contributed by atoms with Gasteiger partial charge >= 0.3 is 0 Å².